The molecule has 33 heavy (non-hydrogen) atoms. The van der Waals surface area contributed by atoms with Crippen LogP contribution in [0, 0.1) is 6.92 Å². The van der Waals surface area contributed by atoms with Gasteiger partial charge in [-0.1, -0.05) is 47.5 Å². The van der Waals surface area contributed by atoms with Crippen LogP contribution in [0.5, 0.6) is 0 Å². The summed E-state index contributed by atoms with van der Waals surface area (Å²) >= 11 is 17.3. The maximum absolute atomic E-state index is 12.6. The van der Waals surface area contributed by atoms with Crippen LogP contribution >= 0.6 is 35.4 Å². The molecule has 0 aliphatic heterocycles. The average Bonchev–Trinajstić information content (AvgIpc) is 3.22. The number of thiocarbonyl (C=S) groups is 1. The van der Waals surface area contributed by atoms with E-state index in [4.69, 9.17) is 39.8 Å². The minimum atomic E-state index is -0.480. The Balaban J connectivity index is 1.40. The lowest BCUT2D eigenvalue weighted by Crippen LogP contribution is -2.34. The van der Waals surface area contributed by atoms with Crippen LogP contribution < -0.4 is 16.0 Å². The van der Waals surface area contributed by atoms with Crippen molar-refractivity contribution in [1.29, 1.82) is 0 Å². The normalized spacial score (nSPS) is 10.6. The maximum Gasteiger partial charge on any atom is 0.291 e. The molecule has 0 radical (unpaired) electrons. The van der Waals surface area contributed by atoms with Crippen LogP contribution in [-0.4, -0.2) is 16.9 Å². The van der Waals surface area contributed by atoms with Gasteiger partial charge in [0.2, 0.25) is 0 Å². The third-order valence-corrected chi connectivity index (χ3v) is 5.83. The summed E-state index contributed by atoms with van der Waals surface area (Å²) in [5.74, 6) is -0.607. The molecule has 0 saturated carbocycles. The van der Waals surface area contributed by atoms with Crippen molar-refractivity contribution in [3.63, 3.8) is 0 Å². The number of carbonyl (C=O) groups excluding carboxylic acids is 2. The number of rotatable bonds is 4. The first kappa shape index (κ1) is 22.8. The lowest BCUT2D eigenvalue weighted by molar-refractivity contribution is 0.0975. The second kappa shape index (κ2) is 9.62. The number of fused-ring (bicyclic) bond motifs is 1. The Hall–Kier alpha value is -3.39. The van der Waals surface area contributed by atoms with Gasteiger partial charge < -0.3 is 15.1 Å². The lowest BCUT2D eigenvalue weighted by atomic mass is 10.1. The summed E-state index contributed by atoms with van der Waals surface area (Å²) in [7, 11) is 0. The molecule has 3 N–H and O–H groups in total. The largest absolute Gasteiger partial charge is 0.451 e. The second-order valence-corrected chi connectivity index (χ2v) is 8.34. The molecule has 1 aromatic heterocycles. The number of aryl methyl sites for hydroxylation is 1. The summed E-state index contributed by atoms with van der Waals surface area (Å²) in [6.07, 6.45) is 0. The van der Waals surface area contributed by atoms with Crippen LogP contribution in [0.3, 0.4) is 0 Å². The SMILES string of the molecule is Cc1cc(NC(=S)NC(=O)c2cccc(Cl)c2Cl)ccc1NC(=O)c1cc2ccccc2o1. The van der Waals surface area contributed by atoms with E-state index < -0.39 is 5.91 Å². The van der Waals surface area contributed by atoms with E-state index in [0.29, 0.717) is 17.0 Å². The van der Waals surface area contributed by atoms with Gasteiger partial charge in [-0.25, -0.2) is 0 Å². The average molecular weight is 498 g/mol. The Kier molecular flexibility index (Phi) is 6.65. The van der Waals surface area contributed by atoms with Crippen LogP contribution in [0.15, 0.2) is 71.1 Å². The summed E-state index contributed by atoms with van der Waals surface area (Å²) in [6, 6.07) is 19.1. The van der Waals surface area contributed by atoms with Crippen molar-refractivity contribution >= 4 is 74.7 Å². The fourth-order valence-corrected chi connectivity index (χ4v) is 3.77. The quantitative estimate of drug-likeness (QED) is 0.283. The second-order valence-electron chi connectivity index (χ2n) is 7.14. The Morgan fingerprint density at radius 3 is 2.45 bits per heavy atom. The number of anilines is 2. The first-order valence-electron chi connectivity index (χ1n) is 9.79. The third kappa shape index (κ3) is 5.17. The number of hydrogen-bond acceptors (Lipinski definition) is 4. The highest BCUT2D eigenvalue weighted by Gasteiger charge is 2.15. The lowest BCUT2D eigenvalue weighted by Gasteiger charge is -2.13. The number of carbonyl (C=O) groups is 2. The zero-order valence-electron chi connectivity index (χ0n) is 17.2. The van der Waals surface area contributed by atoms with Crippen molar-refractivity contribution in [2.45, 2.75) is 6.92 Å². The minimum absolute atomic E-state index is 0.0921. The van der Waals surface area contributed by atoms with Gasteiger partial charge in [0.25, 0.3) is 11.8 Å². The molecule has 6 nitrogen and oxygen atoms in total. The van der Waals surface area contributed by atoms with E-state index in [-0.39, 0.29) is 32.4 Å². The van der Waals surface area contributed by atoms with Crippen molar-refractivity contribution in [2.24, 2.45) is 0 Å². The first-order chi connectivity index (χ1) is 15.8. The fraction of sp³-hybridized carbons (Fsp3) is 0.0417. The predicted molar refractivity (Wildman–Crippen MR) is 135 cm³/mol. The first-order valence-corrected chi connectivity index (χ1v) is 10.9. The van der Waals surface area contributed by atoms with E-state index in [1.165, 1.54) is 0 Å². The van der Waals surface area contributed by atoms with Gasteiger partial charge in [0.1, 0.15) is 5.58 Å². The Labute approximate surface area is 204 Å². The van der Waals surface area contributed by atoms with Gasteiger partial charge in [-0.05, 0) is 67.2 Å². The molecule has 0 spiro atoms. The van der Waals surface area contributed by atoms with Gasteiger partial charge in [-0.2, -0.15) is 0 Å². The predicted octanol–water partition coefficient (Wildman–Crippen LogP) is 6.43. The number of benzene rings is 3. The van der Waals surface area contributed by atoms with Crippen LogP contribution in [0.4, 0.5) is 11.4 Å². The summed E-state index contributed by atoms with van der Waals surface area (Å²) < 4.78 is 5.61. The topological polar surface area (TPSA) is 83.4 Å². The van der Waals surface area contributed by atoms with Gasteiger partial charge in [-0.3, -0.25) is 14.9 Å². The van der Waals surface area contributed by atoms with Crippen molar-refractivity contribution < 1.29 is 14.0 Å². The van der Waals surface area contributed by atoms with E-state index >= 15 is 0 Å². The smallest absolute Gasteiger partial charge is 0.291 e. The monoisotopic (exact) mass is 497 g/mol. The molecular weight excluding hydrogens is 481 g/mol. The molecule has 0 bridgehead atoms. The Morgan fingerprint density at radius 1 is 0.909 bits per heavy atom. The standard InChI is InChI=1S/C24H17Cl2N3O3S/c1-13-11-15(27-24(33)29-22(30)16-6-4-7-17(25)21(16)26)9-10-18(13)28-23(31)20-12-14-5-2-3-8-19(14)32-20/h2-12H,1H3,(H,28,31)(H2,27,29,30,33). The summed E-state index contributed by atoms with van der Waals surface area (Å²) in [4.78, 5) is 25.0. The molecule has 3 aromatic carbocycles. The fourth-order valence-electron chi connectivity index (χ4n) is 3.17. The molecular formula is C24H17Cl2N3O3S. The van der Waals surface area contributed by atoms with Crippen molar-refractivity contribution in [2.75, 3.05) is 10.6 Å². The molecule has 0 aliphatic rings. The zero-order chi connectivity index (χ0) is 23.5. The van der Waals surface area contributed by atoms with E-state index in [2.05, 4.69) is 16.0 Å². The Bertz CT molecular complexity index is 1370. The summed E-state index contributed by atoms with van der Waals surface area (Å²) in [6.45, 7) is 1.84. The number of hydrogen-bond donors (Lipinski definition) is 3. The molecule has 1 heterocycles. The van der Waals surface area contributed by atoms with Gasteiger partial charge >= 0.3 is 0 Å². The number of para-hydroxylation sites is 1. The molecule has 2 amide bonds. The van der Waals surface area contributed by atoms with E-state index in [0.717, 1.165) is 10.9 Å². The highest BCUT2D eigenvalue weighted by atomic mass is 35.5. The zero-order valence-corrected chi connectivity index (χ0v) is 19.6. The summed E-state index contributed by atoms with van der Waals surface area (Å²) in [5.41, 5.74) is 2.90. The van der Waals surface area contributed by atoms with Crippen molar-refractivity contribution in [1.82, 2.24) is 5.32 Å². The van der Waals surface area contributed by atoms with Crippen molar-refractivity contribution in [3.8, 4) is 0 Å². The molecule has 166 valence electrons. The molecule has 9 heteroatoms. The third-order valence-electron chi connectivity index (χ3n) is 4.81. The molecule has 0 saturated heterocycles. The molecule has 0 aliphatic carbocycles. The number of halogens is 2. The van der Waals surface area contributed by atoms with Gasteiger partial charge in [-0.15, -0.1) is 0 Å². The molecule has 0 unspecified atom stereocenters. The van der Waals surface area contributed by atoms with Crippen LogP contribution in [0.25, 0.3) is 11.0 Å². The molecule has 4 rings (SSSR count). The molecule has 0 fully saturated rings. The van der Waals surface area contributed by atoms with Gasteiger partial charge in [0, 0.05) is 16.8 Å². The van der Waals surface area contributed by atoms with Gasteiger partial charge in [0.05, 0.1) is 15.6 Å². The highest BCUT2D eigenvalue weighted by molar-refractivity contribution is 7.80. The highest BCUT2D eigenvalue weighted by Crippen LogP contribution is 2.26. The van der Waals surface area contributed by atoms with Crippen LogP contribution in [0.2, 0.25) is 10.0 Å². The van der Waals surface area contributed by atoms with Crippen LogP contribution in [-0.2, 0) is 0 Å². The number of furan rings is 1. The van der Waals surface area contributed by atoms with E-state index in [9.17, 15) is 9.59 Å². The Morgan fingerprint density at radius 2 is 1.70 bits per heavy atom. The van der Waals surface area contributed by atoms with E-state index in [1.54, 1.807) is 48.5 Å². The number of nitrogens with one attached hydrogen (secondary N) is 3. The van der Waals surface area contributed by atoms with Gasteiger partial charge in [0.15, 0.2) is 10.9 Å². The molecule has 0 atom stereocenters. The number of amides is 2. The minimum Gasteiger partial charge on any atom is -0.451 e. The van der Waals surface area contributed by atoms with Crippen molar-refractivity contribution in [3.05, 3.63) is 93.7 Å². The maximum atomic E-state index is 12.6. The molecule has 4 aromatic rings. The van der Waals surface area contributed by atoms with Crippen LogP contribution in [0.1, 0.15) is 26.5 Å². The van der Waals surface area contributed by atoms with E-state index in [1.807, 2.05) is 25.1 Å². The summed E-state index contributed by atoms with van der Waals surface area (Å²) in [5, 5.41) is 9.73.